The van der Waals surface area contributed by atoms with E-state index in [1.54, 1.807) is 0 Å². The normalized spacial score (nSPS) is 16.3. The Morgan fingerprint density at radius 1 is 1.00 bits per heavy atom. The number of fused-ring (bicyclic) bond motifs is 1. The first kappa shape index (κ1) is 12.7. The van der Waals surface area contributed by atoms with Gasteiger partial charge in [0.05, 0.1) is 0 Å². The maximum absolute atomic E-state index is 6.25. The van der Waals surface area contributed by atoms with Crippen LogP contribution in [-0.2, 0) is 12.8 Å². The summed E-state index contributed by atoms with van der Waals surface area (Å²) in [4.78, 5) is 0. The number of halogens is 1. The summed E-state index contributed by atoms with van der Waals surface area (Å²) in [6.07, 6.45) is 2.23. The van der Waals surface area contributed by atoms with Crippen molar-refractivity contribution in [2.45, 2.75) is 31.8 Å². The minimum atomic E-state index is 0.285. The molecule has 0 unspecified atom stereocenters. The molecule has 0 heterocycles. The molecule has 1 atom stereocenters. The van der Waals surface area contributed by atoms with Gasteiger partial charge < -0.3 is 5.32 Å². The maximum Gasteiger partial charge on any atom is 0.0453 e. The van der Waals surface area contributed by atoms with Gasteiger partial charge in [0.2, 0.25) is 0 Å². The van der Waals surface area contributed by atoms with E-state index in [4.69, 9.17) is 11.6 Å². The minimum Gasteiger partial charge on any atom is -0.307 e. The molecule has 98 valence electrons. The van der Waals surface area contributed by atoms with E-state index >= 15 is 0 Å². The third-order valence-corrected chi connectivity index (χ3v) is 4.25. The first-order valence-corrected chi connectivity index (χ1v) is 7.19. The highest BCUT2D eigenvalue weighted by molar-refractivity contribution is 6.31. The second-order valence-electron chi connectivity index (χ2n) is 5.28. The second-order valence-corrected chi connectivity index (χ2v) is 5.69. The van der Waals surface area contributed by atoms with E-state index < -0.39 is 0 Å². The third kappa shape index (κ3) is 2.68. The quantitative estimate of drug-likeness (QED) is 0.884. The number of hydrogen-bond acceptors (Lipinski definition) is 1. The molecule has 0 amide bonds. The summed E-state index contributed by atoms with van der Waals surface area (Å²) in [5.74, 6) is 0. The van der Waals surface area contributed by atoms with Gasteiger partial charge in [0.15, 0.2) is 0 Å². The second kappa shape index (κ2) is 5.36. The van der Waals surface area contributed by atoms with Crippen LogP contribution in [0.25, 0.3) is 0 Å². The molecule has 0 spiro atoms. The van der Waals surface area contributed by atoms with Gasteiger partial charge in [0, 0.05) is 17.1 Å². The van der Waals surface area contributed by atoms with Gasteiger partial charge in [-0.3, -0.25) is 0 Å². The van der Waals surface area contributed by atoms with Crippen LogP contribution in [0.1, 0.15) is 29.7 Å². The summed E-state index contributed by atoms with van der Waals surface area (Å²) in [6.45, 7) is 2.18. The summed E-state index contributed by atoms with van der Waals surface area (Å²) in [5.41, 5.74) is 4.14. The summed E-state index contributed by atoms with van der Waals surface area (Å²) in [5, 5.41) is 4.54. The maximum atomic E-state index is 6.25. The lowest BCUT2D eigenvalue weighted by molar-refractivity contribution is 0.467. The molecule has 1 N–H and O–H groups in total. The SMILES string of the molecule is C[C@@H](NC1Cc2ccccc2C1)c1ccccc1Cl. The molecule has 1 aliphatic carbocycles. The van der Waals surface area contributed by atoms with Crippen molar-refractivity contribution in [3.8, 4) is 0 Å². The summed E-state index contributed by atoms with van der Waals surface area (Å²) in [6, 6.07) is 17.6. The van der Waals surface area contributed by atoms with Crippen LogP contribution in [-0.4, -0.2) is 6.04 Å². The van der Waals surface area contributed by atoms with E-state index in [-0.39, 0.29) is 6.04 Å². The Balaban J connectivity index is 1.69. The number of benzene rings is 2. The zero-order valence-electron chi connectivity index (χ0n) is 11.1. The van der Waals surface area contributed by atoms with Gasteiger partial charge in [-0.05, 0) is 42.5 Å². The van der Waals surface area contributed by atoms with E-state index in [0.717, 1.165) is 17.9 Å². The minimum absolute atomic E-state index is 0.285. The summed E-state index contributed by atoms with van der Waals surface area (Å²) in [7, 11) is 0. The van der Waals surface area contributed by atoms with Gasteiger partial charge >= 0.3 is 0 Å². The lowest BCUT2D eigenvalue weighted by Crippen LogP contribution is -2.32. The standard InChI is InChI=1S/C17H18ClN/c1-12(16-8-4-5-9-17(16)18)19-15-10-13-6-2-3-7-14(13)11-15/h2-9,12,15,19H,10-11H2,1H3/t12-/m1/s1. The van der Waals surface area contributed by atoms with E-state index in [0.29, 0.717) is 6.04 Å². The number of nitrogens with one attached hydrogen (secondary N) is 1. The molecule has 0 saturated carbocycles. The van der Waals surface area contributed by atoms with Gasteiger partial charge in [0.25, 0.3) is 0 Å². The molecule has 2 aromatic rings. The first-order valence-electron chi connectivity index (χ1n) is 6.81. The molecular weight excluding hydrogens is 254 g/mol. The Morgan fingerprint density at radius 2 is 1.58 bits per heavy atom. The van der Waals surface area contributed by atoms with Crippen molar-refractivity contribution in [2.75, 3.05) is 0 Å². The van der Waals surface area contributed by atoms with Crippen molar-refractivity contribution >= 4 is 11.6 Å². The molecular formula is C17H18ClN. The van der Waals surface area contributed by atoms with Crippen molar-refractivity contribution in [3.63, 3.8) is 0 Å². The molecule has 1 nitrogen and oxygen atoms in total. The van der Waals surface area contributed by atoms with Gasteiger partial charge in [-0.2, -0.15) is 0 Å². The van der Waals surface area contributed by atoms with Crippen LogP contribution in [0.4, 0.5) is 0 Å². The van der Waals surface area contributed by atoms with Gasteiger partial charge in [-0.15, -0.1) is 0 Å². The lowest BCUT2D eigenvalue weighted by Gasteiger charge is -2.20. The van der Waals surface area contributed by atoms with E-state index in [1.165, 1.54) is 16.7 Å². The molecule has 3 rings (SSSR count). The molecule has 0 aliphatic heterocycles. The Labute approximate surface area is 119 Å². The zero-order valence-corrected chi connectivity index (χ0v) is 11.8. The van der Waals surface area contributed by atoms with E-state index in [9.17, 15) is 0 Å². The van der Waals surface area contributed by atoms with Gasteiger partial charge in [0.1, 0.15) is 0 Å². The zero-order chi connectivity index (χ0) is 13.2. The molecule has 19 heavy (non-hydrogen) atoms. The van der Waals surface area contributed by atoms with Crippen LogP contribution in [0.3, 0.4) is 0 Å². The largest absolute Gasteiger partial charge is 0.307 e. The van der Waals surface area contributed by atoms with Crippen molar-refractivity contribution in [1.82, 2.24) is 5.32 Å². The summed E-state index contributed by atoms with van der Waals surface area (Å²) < 4.78 is 0. The molecule has 2 heteroatoms. The molecule has 0 saturated heterocycles. The molecule has 1 aliphatic rings. The van der Waals surface area contributed by atoms with Crippen LogP contribution in [0.2, 0.25) is 5.02 Å². The fourth-order valence-corrected chi connectivity index (χ4v) is 3.25. The molecule has 0 radical (unpaired) electrons. The van der Waals surface area contributed by atoms with Gasteiger partial charge in [-0.25, -0.2) is 0 Å². The number of rotatable bonds is 3. The van der Waals surface area contributed by atoms with Crippen LogP contribution < -0.4 is 5.32 Å². The highest BCUT2D eigenvalue weighted by Crippen LogP contribution is 2.26. The van der Waals surface area contributed by atoms with Crippen molar-refractivity contribution in [3.05, 3.63) is 70.2 Å². The highest BCUT2D eigenvalue weighted by atomic mass is 35.5. The van der Waals surface area contributed by atoms with Crippen molar-refractivity contribution < 1.29 is 0 Å². The summed E-state index contributed by atoms with van der Waals surface area (Å²) >= 11 is 6.25. The van der Waals surface area contributed by atoms with E-state index in [2.05, 4.69) is 42.6 Å². The molecule has 0 bridgehead atoms. The topological polar surface area (TPSA) is 12.0 Å². The Kier molecular flexibility index (Phi) is 3.58. The fraction of sp³-hybridized carbons (Fsp3) is 0.294. The van der Waals surface area contributed by atoms with Crippen LogP contribution in [0.5, 0.6) is 0 Å². The number of hydrogen-bond donors (Lipinski definition) is 1. The molecule has 0 fully saturated rings. The Morgan fingerprint density at radius 3 is 2.21 bits per heavy atom. The third-order valence-electron chi connectivity index (χ3n) is 3.91. The van der Waals surface area contributed by atoms with Gasteiger partial charge in [-0.1, -0.05) is 54.1 Å². The fourth-order valence-electron chi connectivity index (χ4n) is 2.95. The van der Waals surface area contributed by atoms with Crippen molar-refractivity contribution in [2.24, 2.45) is 0 Å². The highest BCUT2D eigenvalue weighted by Gasteiger charge is 2.22. The van der Waals surface area contributed by atoms with Crippen LogP contribution >= 0.6 is 11.6 Å². The molecule has 0 aromatic heterocycles. The predicted octanol–water partition coefficient (Wildman–Crippen LogP) is 4.16. The smallest absolute Gasteiger partial charge is 0.0453 e. The first-order chi connectivity index (χ1) is 9.24. The van der Waals surface area contributed by atoms with Crippen LogP contribution in [0, 0.1) is 0 Å². The average Bonchev–Trinajstić information content (AvgIpc) is 2.81. The molecule has 2 aromatic carbocycles. The van der Waals surface area contributed by atoms with Crippen molar-refractivity contribution in [1.29, 1.82) is 0 Å². The monoisotopic (exact) mass is 271 g/mol. The lowest BCUT2D eigenvalue weighted by atomic mass is 10.1. The Bertz CT molecular complexity index is 554. The Hall–Kier alpha value is -1.31. The van der Waals surface area contributed by atoms with E-state index in [1.807, 2.05) is 18.2 Å². The predicted molar refractivity (Wildman–Crippen MR) is 80.6 cm³/mol. The average molecular weight is 272 g/mol. The van der Waals surface area contributed by atoms with Crippen LogP contribution in [0.15, 0.2) is 48.5 Å².